The van der Waals surface area contributed by atoms with E-state index in [4.69, 9.17) is 4.74 Å². The van der Waals surface area contributed by atoms with E-state index in [2.05, 4.69) is 4.98 Å². The molecule has 4 aromatic rings. The first kappa shape index (κ1) is 23.5. The van der Waals surface area contributed by atoms with Crippen LogP contribution in [0.2, 0.25) is 0 Å². The summed E-state index contributed by atoms with van der Waals surface area (Å²) < 4.78 is 19.6. The number of fused-ring (bicyclic) bond motifs is 1. The van der Waals surface area contributed by atoms with Crippen LogP contribution in [-0.4, -0.2) is 34.0 Å². The molecule has 1 saturated heterocycles. The van der Waals surface area contributed by atoms with Gasteiger partial charge in [-0.2, -0.15) is 0 Å². The van der Waals surface area contributed by atoms with Crippen LogP contribution in [0.5, 0.6) is 11.5 Å². The average Bonchev–Trinajstić information content (AvgIpc) is 3.42. The highest BCUT2D eigenvalue weighted by atomic mass is 32.1. The number of aromatic hydroxyl groups is 1. The van der Waals surface area contributed by atoms with Gasteiger partial charge in [0.2, 0.25) is 0 Å². The van der Waals surface area contributed by atoms with Crippen molar-refractivity contribution in [2.45, 2.75) is 19.4 Å². The van der Waals surface area contributed by atoms with E-state index in [1.54, 1.807) is 6.07 Å². The van der Waals surface area contributed by atoms with Gasteiger partial charge in [-0.15, -0.1) is 0 Å². The van der Waals surface area contributed by atoms with Crippen molar-refractivity contribution in [1.29, 1.82) is 0 Å². The van der Waals surface area contributed by atoms with E-state index in [9.17, 15) is 24.2 Å². The number of halogens is 1. The second-order valence-electron chi connectivity index (χ2n) is 8.26. The predicted octanol–water partition coefficient (Wildman–Crippen LogP) is 5.34. The van der Waals surface area contributed by atoms with Crippen LogP contribution >= 0.6 is 11.3 Å². The van der Waals surface area contributed by atoms with Crippen LogP contribution in [0.3, 0.4) is 0 Å². The maximum absolute atomic E-state index is 13.5. The Morgan fingerprint density at radius 2 is 1.86 bits per heavy atom. The van der Waals surface area contributed by atoms with Gasteiger partial charge in [0.25, 0.3) is 5.78 Å². The lowest BCUT2D eigenvalue weighted by molar-refractivity contribution is -0.132. The summed E-state index contributed by atoms with van der Waals surface area (Å²) in [6.07, 6.45) is 0.832. The van der Waals surface area contributed by atoms with Gasteiger partial charge in [-0.25, -0.2) is 9.37 Å². The molecule has 2 heterocycles. The second-order valence-corrected chi connectivity index (χ2v) is 9.27. The fourth-order valence-electron chi connectivity index (χ4n) is 4.25. The Kier molecular flexibility index (Phi) is 5.93. The fourth-order valence-corrected chi connectivity index (χ4v) is 5.31. The number of methoxy groups -OCH3 is 1. The minimum Gasteiger partial charge on any atom is -0.507 e. The summed E-state index contributed by atoms with van der Waals surface area (Å²) in [5.74, 6) is -2.69. The highest BCUT2D eigenvalue weighted by Gasteiger charge is 2.48. The number of aliphatic hydroxyl groups is 1. The van der Waals surface area contributed by atoms with Crippen molar-refractivity contribution >= 4 is 44.1 Å². The molecule has 7 nitrogen and oxygen atoms in total. The second kappa shape index (κ2) is 9.09. The highest BCUT2D eigenvalue weighted by Crippen LogP contribution is 2.45. The van der Waals surface area contributed by atoms with E-state index in [1.807, 2.05) is 25.1 Å². The van der Waals surface area contributed by atoms with Crippen LogP contribution < -0.4 is 9.64 Å². The summed E-state index contributed by atoms with van der Waals surface area (Å²) in [6, 6.07) is 14.1. The van der Waals surface area contributed by atoms with Gasteiger partial charge in [-0.05, 0) is 66.1 Å². The SMILES string of the molecule is CCc1ccc2nc(N3C(=O)C(=O)/C(=C(/O)c4ccc(F)cc4)C3c3ccc(O)c(OC)c3)sc2c1. The van der Waals surface area contributed by atoms with Crippen molar-refractivity contribution in [1.82, 2.24) is 4.98 Å². The Labute approximate surface area is 209 Å². The van der Waals surface area contributed by atoms with E-state index in [-0.39, 0.29) is 27.8 Å². The number of thiazole rings is 1. The van der Waals surface area contributed by atoms with Gasteiger partial charge in [0.1, 0.15) is 11.6 Å². The molecule has 1 atom stereocenters. The number of anilines is 1. The molecule has 0 aliphatic carbocycles. The molecule has 1 unspecified atom stereocenters. The third-order valence-electron chi connectivity index (χ3n) is 6.14. The third kappa shape index (κ3) is 3.87. The zero-order chi connectivity index (χ0) is 25.6. The molecule has 0 radical (unpaired) electrons. The first-order valence-corrected chi connectivity index (χ1v) is 12.0. The van der Waals surface area contributed by atoms with Crippen LogP contribution in [0.1, 0.15) is 29.7 Å². The summed E-state index contributed by atoms with van der Waals surface area (Å²) in [4.78, 5) is 32.5. The largest absolute Gasteiger partial charge is 0.507 e. The van der Waals surface area contributed by atoms with Crippen molar-refractivity contribution in [2.24, 2.45) is 0 Å². The van der Waals surface area contributed by atoms with E-state index in [1.165, 1.54) is 47.6 Å². The first-order chi connectivity index (χ1) is 17.3. The summed E-state index contributed by atoms with van der Waals surface area (Å²) in [7, 11) is 1.38. The van der Waals surface area contributed by atoms with Gasteiger partial charge in [0.15, 0.2) is 16.6 Å². The number of rotatable bonds is 5. The molecule has 3 aromatic carbocycles. The van der Waals surface area contributed by atoms with Gasteiger partial charge in [-0.3, -0.25) is 14.5 Å². The number of carbonyl (C=O) groups is 2. The molecule has 0 bridgehead atoms. The van der Waals surface area contributed by atoms with Gasteiger partial charge >= 0.3 is 5.91 Å². The van der Waals surface area contributed by atoms with Crippen LogP contribution in [0.15, 0.2) is 66.2 Å². The van der Waals surface area contributed by atoms with E-state index < -0.39 is 29.3 Å². The minimum atomic E-state index is -1.06. The smallest absolute Gasteiger partial charge is 0.301 e. The zero-order valence-electron chi connectivity index (χ0n) is 19.4. The average molecular weight is 505 g/mol. The van der Waals surface area contributed by atoms with Crippen molar-refractivity contribution < 1.29 is 28.9 Å². The van der Waals surface area contributed by atoms with E-state index >= 15 is 0 Å². The van der Waals surface area contributed by atoms with E-state index in [0.717, 1.165) is 28.8 Å². The predicted molar refractivity (Wildman–Crippen MR) is 135 cm³/mol. The number of Topliss-reactive ketones (excluding diaryl/α,β-unsaturated/α-hetero) is 1. The number of phenolic OH excluding ortho intramolecular Hbond substituents is 1. The number of hydrogen-bond donors (Lipinski definition) is 2. The third-order valence-corrected chi connectivity index (χ3v) is 7.15. The lowest BCUT2D eigenvalue weighted by atomic mass is 9.95. The molecule has 36 heavy (non-hydrogen) atoms. The number of aliphatic hydroxyl groups excluding tert-OH is 1. The monoisotopic (exact) mass is 504 g/mol. The molecule has 0 spiro atoms. The maximum atomic E-state index is 13.5. The number of aromatic nitrogens is 1. The molecule has 9 heteroatoms. The van der Waals surface area contributed by atoms with Crippen molar-refractivity contribution in [3.05, 3.63) is 88.7 Å². The van der Waals surface area contributed by atoms with Crippen LogP contribution in [-0.2, 0) is 16.0 Å². The molecular weight excluding hydrogens is 483 g/mol. The zero-order valence-corrected chi connectivity index (χ0v) is 20.2. The number of hydrogen-bond acceptors (Lipinski definition) is 7. The number of benzene rings is 3. The molecule has 0 saturated carbocycles. The summed E-state index contributed by atoms with van der Waals surface area (Å²) in [5, 5.41) is 21.5. The lowest BCUT2D eigenvalue weighted by Crippen LogP contribution is -2.29. The molecule has 1 aliphatic rings. The first-order valence-electron chi connectivity index (χ1n) is 11.2. The van der Waals surface area contributed by atoms with Crippen LogP contribution in [0.25, 0.3) is 16.0 Å². The standard InChI is InChI=1S/C27H21FN2O5S/c1-3-14-4-10-18-21(12-14)36-27(29-18)30-23(16-7-11-19(31)20(13-16)35-2)22(25(33)26(30)34)24(32)15-5-8-17(28)9-6-15/h4-13,23,31-32H,3H2,1-2H3/b24-22+. The van der Waals surface area contributed by atoms with Gasteiger partial charge in [0, 0.05) is 5.56 Å². The number of ketones is 1. The highest BCUT2D eigenvalue weighted by molar-refractivity contribution is 7.22. The normalized spacial score (nSPS) is 17.2. The number of carbonyl (C=O) groups excluding carboxylic acids is 2. The Balaban J connectivity index is 1.74. The Hall–Kier alpha value is -4.24. The molecule has 1 aromatic heterocycles. The van der Waals surface area contributed by atoms with Crippen molar-refractivity contribution in [2.75, 3.05) is 12.0 Å². The molecule has 1 amide bonds. The molecule has 1 fully saturated rings. The minimum absolute atomic E-state index is 0.121. The summed E-state index contributed by atoms with van der Waals surface area (Å²) >= 11 is 1.26. The summed E-state index contributed by atoms with van der Waals surface area (Å²) in [5.41, 5.74) is 2.21. The molecular formula is C27H21FN2O5S. The quantitative estimate of drug-likeness (QED) is 0.216. The Bertz CT molecular complexity index is 1540. The topological polar surface area (TPSA) is 100.0 Å². The number of nitrogens with zero attached hydrogens (tertiary/aromatic N) is 2. The number of phenols is 1. The number of ether oxygens (including phenoxy) is 1. The lowest BCUT2D eigenvalue weighted by Gasteiger charge is -2.23. The maximum Gasteiger partial charge on any atom is 0.301 e. The van der Waals surface area contributed by atoms with Gasteiger partial charge in [0.05, 0.1) is 28.9 Å². The van der Waals surface area contributed by atoms with Crippen LogP contribution in [0.4, 0.5) is 9.52 Å². The van der Waals surface area contributed by atoms with Gasteiger partial charge in [-0.1, -0.05) is 30.4 Å². The molecule has 182 valence electrons. The summed E-state index contributed by atoms with van der Waals surface area (Å²) in [6.45, 7) is 2.04. The Morgan fingerprint density at radius 1 is 1.11 bits per heavy atom. The molecule has 5 rings (SSSR count). The van der Waals surface area contributed by atoms with Crippen molar-refractivity contribution in [3.63, 3.8) is 0 Å². The Morgan fingerprint density at radius 3 is 2.56 bits per heavy atom. The van der Waals surface area contributed by atoms with Gasteiger partial charge < -0.3 is 14.9 Å². The van der Waals surface area contributed by atoms with E-state index in [0.29, 0.717) is 11.1 Å². The molecule has 2 N–H and O–H groups in total. The fraction of sp³-hybridized carbons (Fsp3) is 0.148. The van der Waals surface area contributed by atoms with Crippen LogP contribution in [0, 0.1) is 5.82 Å². The van der Waals surface area contributed by atoms with Crippen molar-refractivity contribution in [3.8, 4) is 11.5 Å². The molecule has 1 aliphatic heterocycles. The number of aryl methyl sites for hydroxylation is 1. The number of amides is 1.